The number of hydrogen-bond donors (Lipinski definition) is 1. The van der Waals surface area contributed by atoms with E-state index in [-0.39, 0.29) is 0 Å². The summed E-state index contributed by atoms with van der Waals surface area (Å²) in [5.41, 5.74) is 0.942. The quantitative estimate of drug-likeness (QED) is 0.796. The minimum atomic E-state index is 0.484. The van der Waals surface area contributed by atoms with E-state index < -0.39 is 0 Å². The normalized spacial score (nSPS) is 10.6. The van der Waals surface area contributed by atoms with Crippen LogP contribution in [0.3, 0.4) is 0 Å². The first-order chi connectivity index (χ1) is 9.28. The summed E-state index contributed by atoms with van der Waals surface area (Å²) in [6, 6.07) is 1.82. The van der Waals surface area contributed by atoms with Gasteiger partial charge in [-0.3, -0.25) is 0 Å². The lowest BCUT2D eigenvalue weighted by atomic mass is 10.3. The van der Waals surface area contributed by atoms with Crippen molar-refractivity contribution in [2.75, 3.05) is 12.4 Å². The molecule has 3 aromatic rings. The number of nitrogens with one attached hydrogen (secondary N) is 1. The number of rotatable bonds is 3. The van der Waals surface area contributed by atoms with E-state index in [9.17, 15) is 0 Å². The molecule has 0 amide bonds. The SMILES string of the molecule is CNc1nc(-c2cscc2Br)nc(-n2cccn2)n1. The van der Waals surface area contributed by atoms with Gasteiger partial charge < -0.3 is 5.32 Å². The molecular weight excluding hydrogens is 328 g/mol. The van der Waals surface area contributed by atoms with Gasteiger partial charge in [0.25, 0.3) is 5.95 Å². The molecule has 1 N–H and O–H groups in total. The van der Waals surface area contributed by atoms with Crippen LogP contribution in [0.5, 0.6) is 0 Å². The summed E-state index contributed by atoms with van der Waals surface area (Å²) in [5, 5.41) is 11.1. The molecule has 0 spiro atoms. The Kier molecular flexibility index (Phi) is 3.26. The minimum Gasteiger partial charge on any atom is -0.357 e. The fraction of sp³-hybridized carbons (Fsp3) is 0.0909. The molecule has 3 rings (SSSR count). The van der Waals surface area contributed by atoms with E-state index in [1.165, 1.54) is 0 Å². The Bertz CT molecular complexity index is 693. The third-order valence-electron chi connectivity index (χ3n) is 2.41. The zero-order chi connectivity index (χ0) is 13.2. The lowest BCUT2D eigenvalue weighted by Gasteiger charge is -2.06. The largest absolute Gasteiger partial charge is 0.357 e. The molecule has 0 aliphatic heterocycles. The van der Waals surface area contributed by atoms with Gasteiger partial charge in [0.05, 0.1) is 0 Å². The number of hydrogen-bond acceptors (Lipinski definition) is 6. The Labute approximate surface area is 121 Å². The monoisotopic (exact) mass is 336 g/mol. The van der Waals surface area contributed by atoms with E-state index in [1.54, 1.807) is 35.5 Å². The average molecular weight is 337 g/mol. The number of anilines is 1. The van der Waals surface area contributed by atoms with Gasteiger partial charge in [-0.1, -0.05) is 0 Å². The molecule has 3 aromatic heterocycles. The zero-order valence-corrected chi connectivity index (χ0v) is 12.3. The standard InChI is InChI=1S/C11H9BrN6S/c1-13-10-15-9(7-5-19-6-8(7)12)16-11(17-10)18-4-2-3-14-18/h2-6H,1H3,(H,13,15,16,17). The maximum atomic E-state index is 4.44. The highest BCUT2D eigenvalue weighted by atomic mass is 79.9. The van der Waals surface area contributed by atoms with Crippen LogP contribution in [0.1, 0.15) is 0 Å². The van der Waals surface area contributed by atoms with Gasteiger partial charge in [-0.25, -0.2) is 4.68 Å². The molecule has 6 nitrogen and oxygen atoms in total. The Morgan fingerprint density at radius 1 is 1.26 bits per heavy atom. The molecule has 0 atom stereocenters. The first kappa shape index (κ1) is 12.2. The van der Waals surface area contributed by atoms with Gasteiger partial charge in [0.15, 0.2) is 5.82 Å². The van der Waals surface area contributed by atoms with Gasteiger partial charge in [0.2, 0.25) is 5.95 Å². The van der Waals surface area contributed by atoms with Crippen LogP contribution in [0.4, 0.5) is 5.95 Å². The highest BCUT2D eigenvalue weighted by Crippen LogP contribution is 2.29. The molecule has 0 unspecified atom stereocenters. The molecule has 0 bridgehead atoms. The summed E-state index contributed by atoms with van der Waals surface area (Å²) in [7, 11) is 1.77. The van der Waals surface area contributed by atoms with E-state index in [2.05, 4.69) is 41.3 Å². The Morgan fingerprint density at radius 3 is 2.79 bits per heavy atom. The second kappa shape index (κ2) is 5.06. The third-order valence-corrected chi connectivity index (χ3v) is 4.11. The minimum absolute atomic E-state index is 0.484. The summed E-state index contributed by atoms with van der Waals surface area (Å²) >= 11 is 5.08. The second-order valence-electron chi connectivity index (χ2n) is 3.62. The van der Waals surface area contributed by atoms with Crippen molar-refractivity contribution in [3.63, 3.8) is 0 Å². The van der Waals surface area contributed by atoms with Crippen LogP contribution in [0.2, 0.25) is 0 Å². The van der Waals surface area contributed by atoms with E-state index in [1.807, 2.05) is 16.8 Å². The summed E-state index contributed by atoms with van der Waals surface area (Å²) in [4.78, 5) is 13.1. The lowest BCUT2D eigenvalue weighted by Crippen LogP contribution is -2.08. The topological polar surface area (TPSA) is 68.5 Å². The fourth-order valence-corrected chi connectivity index (χ4v) is 2.98. The first-order valence-corrected chi connectivity index (χ1v) is 7.17. The Morgan fingerprint density at radius 2 is 2.16 bits per heavy atom. The van der Waals surface area contributed by atoms with Crippen LogP contribution in [-0.4, -0.2) is 31.8 Å². The maximum absolute atomic E-state index is 4.44. The van der Waals surface area contributed by atoms with Crippen molar-refractivity contribution in [2.45, 2.75) is 0 Å². The molecule has 0 radical (unpaired) electrons. The van der Waals surface area contributed by atoms with Crippen molar-refractivity contribution < 1.29 is 0 Å². The smallest absolute Gasteiger partial charge is 0.255 e. The number of nitrogens with zero attached hydrogens (tertiary/aromatic N) is 5. The van der Waals surface area contributed by atoms with Crippen molar-refractivity contribution in [3.05, 3.63) is 33.7 Å². The number of aromatic nitrogens is 5. The highest BCUT2D eigenvalue weighted by Gasteiger charge is 2.12. The summed E-state index contributed by atoms with van der Waals surface area (Å²) in [5.74, 6) is 1.60. The summed E-state index contributed by atoms with van der Waals surface area (Å²) < 4.78 is 2.57. The van der Waals surface area contributed by atoms with Crippen LogP contribution in [0.15, 0.2) is 33.7 Å². The van der Waals surface area contributed by atoms with E-state index in [0.717, 1.165) is 10.0 Å². The van der Waals surface area contributed by atoms with Crippen LogP contribution in [-0.2, 0) is 0 Å². The van der Waals surface area contributed by atoms with Gasteiger partial charge in [-0.2, -0.15) is 31.4 Å². The second-order valence-corrected chi connectivity index (χ2v) is 5.21. The van der Waals surface area contributed by atoms with Crippen LogP contribution in [0.25, 0.3) is 17.3 Å². The van der Waals surface area contributed by atoms with E-state index >= 15 is 0 Å². The molecule has 96 valence electrons. The molecule has 0 saturated heterocycles. The van der Waals surface area contributed by atoms with Crippen LogP contribution < -0.4 is 5.32 Å². The molecule has 3 heterocycles. The summed E-state index contributed by atoms with van der Waals surface area (Å²) in [6.45, 7) is 0. The van der Waals surface area contributed by atoms with E-state index in [4.69, 9.17) is 0 Å². The average Bonchev–Trinajstić information content (AvgIpc) is 3.09. The lowest BCUT2D eigenvalue weighted by molar-refractivity contribution is 0.800. The van der Waals surface area contributed by atoms with Crippen LogP contribution >= 0.6 is 27.3 Å². The number of halogens is 1. The van der Waals surface area contributed by atoms with Gasteiger partial charge in [-0.15, -0.1) is 0 Å². The van der Waals surface area contributed by atoms with Crippen molar-refractivity contribution in [3.8, 4) is 17.3 Å². The molecule has 0 aliphatic carbocycles. The zero-order valence-electron chi connectivity index (χ0n) is 9.91. The predicted octanol–water partition coefficient (Wildman–Crippen LogP) is 2.59. The molecule has 0 saturated carbocycles. The van der Waals surface area contributed by atoms with Gasteiger partial charge in [-0.05, 0) is 22.0 Å². The predicted molar refractivity (Wildman–Crippen MR) is 77.5 cm³/mol. The Balaban J connectivity index is 2.16. The maximum Gasteiger partial charge on any atom is 0.255 e. The highest BCUT2D eigenvalue weighted by molar-refractivity contribution is 9.10. The molecule has 8 heteroatoms. The van der Waals surface area contributed by atoms with Crippen molar-refractivity contribution >= 4 is 33.2 Å². The molecular formula is C11H9BrN6S. The fourth-order valence-electron chi connectivity index (χ4n) is 1.53. The number of thiophene rings is 1. The molecule has 19 heavy (non-hydrogen) atoms. The van der Waals surface area contributed by atoms with Crippen molar-refractivity contribution in [2.24, 2.45) is 0 Å². The molecule has 0 aromatic carbocycles. The van der Waals surface area contributed by atoms with Gasteiger partial charge in [0, 0.05) is 40.2 Å². The van der Waals surface area contributed by atoms with Crippen molar-refractivity contribution in [1.82, 2.24) is 24.7 Å². The summed E-state index contributed by atoms with van der Waals surface area (Å²) in [6.07, 6.45) is 3.48. The van der Waals surface area contributed by atoms with Gasteiger partial charge in [0.1, 0.15) is 0 Å². The van der Waals surface area contributed by atoms with Crippen molar-refractivity contribution in [1.29, 1.82) is 0 Å². The van der Waals surface area contributed by atoms with Gasteiger partial charge >= 0.3 is 0 Å². The van der Waals surface area contributed by atoms with E-state index in [0.29, 0.717) is 17.7 Å². The first-order valence-electron chi connectivity index (χ1n) is 5.44. The van der Waals surface area contributed by atoms with Crippen LogP contribution in [0, 0.1) is 0 Å². The molecule has 0 fully saturated rings. The third kappa shape index (κ3) is 2.36. The molecule has 0 aliphatic rings. The Hall–Kier alpha value is -1.80.